The molecular weight excluding hydrogens is 352 g/mol. The number of benzene rings is 2. The summed E-state index contributed by atoms with van der Waals surface area (Å²) < 4.78 is 11.2. The van der Waals surface area contributed by atoms with Gasteiger partial charge in [0, 0.05) is 19.0 Å². The molecule has 0 saturated heterocycles. The largest absolute Gasteiger partial charge is 0.459 e. The monoisotopic (exact) mass is 374 g/mol. The zero-order chi connectivity index (χ0) is 17.6. The first-order valence-corrected chi connectivity index (χ1v) is 8.27. The predicted octanol–water partition coefficient (Wildman–Crippen LogP) is 3.42. The van der Waals surface area contributed by atoms with Crippen LogP contribution in [0.1, 0.15) is 23.8 Å². The van der Waals surface area contributed by atoms with E-state index in [1.807, 2.05) is 60.7 Å². The molecule has 2 unspecified atom stereocenters. The molecule has 1 heterocycles. The second kappa shape index (κ2) is 9.38. The van der Waals surface area contributed by atoms with E-state index < -0.39 is 0 Å². The summed E-state index contributed by atoms with van der Waals surface area (Å²) in [4.78, 5) is 12.5. The van der Waals surface area contributed by atoms with E-state index in [2.05, 4.69) is 5.32 Å². The van der Waals surface area contributed by atoms with E-state index in [1.54, 1.807) is 7.11 Å². The van der Waals surface area contributed by atoms with Gasteiger partial charge in [-0.1, -0.05) is 48.5 Å². The molecule has 2 atom stereocenters. The van der Waals surface area contributed by atoms with Crippen LogP contribution in [-0.4, -0.2) is 25.7 Å². The van der Waals surface area contributed by atoms with Crippen LogP contribution >= 0.6 is 12.4 Å². The molecule has 3 rings (SSSR count). The summed E-state index contributed by atoms with van der Waals surface area (Å²) in [7, 11) is 1.55. The molecule has 3 aromatic rings. The molecule has 0 aliphatic carbocycles. The van der Waals surface area contributed by atoms with Crippen molar-refractivity contribution in [2.24, 2.45) is 5.73 Å². The number of hydrogen-bond donors (Lipinski definition) is 2. The van der Waals surface area contributed by atoms with Gasteiger partial charge < -0.3 is 20.2 Å². The number of hydrogen-bond acceptors (Lipinski definition) is 4. The summed E-state index contributed by atoms with van der Waals surface area (Å²) >= 11 is 0. The van der Waals surface area contributed by atoms with E-state index in [0.29, 0.717) is 12.3 Å². The number of halogens is 1. The minimum absolute atomic E-state index is 0. The van der Waals surface area contributed by atoms with E-state index >= 15 is 0 Å². The highest BCUT2D eigenvalue weighted by Crippen LogP contribution is 2.28. The molecular formula is C20H23ClN2O3. The van der Waals surface area contributed by atoms with Crippen LogP contribution in [0.15, 0.2) is 65.1 Å². The number of carbonyl (C=O) groups is 1. The van der Waals surface area contributed by atoms with Crippen molar-refractivity contribution in [3.63, 3.8) is 0 Å². The van der Waals surface area contributed by atoms with Gasteiger partial charge >= 0.3 is 0 Å². The quantitative estimate of drug-likeness (QED) is 0.664. The van der Waals surface area contributed by atoms with E-state index in [1.165, 1.54) is 0 Å². The molecule has 3 N–H and O–H groups in total. The Morgan fingerprint density at radius 2 is 1.85 bits per heavy atom. The van der Waals surface area contributed by atoms with Crippen LogP contribution in [0.4, 0.5) is 0 Å². The van der Waals surface area contributed by atoms with Gasteiger partial charge in [0.25, 0.3) is 0 Å². The first kappa shape index (κ1) is 20.0. The van der Waals surface area contributed by atoms with Crippen LogP contribution in [0.2, 0.25) is 0 Å². The van der Waals surface area contributed by atoms with Gasteiger partial charge in [-0.05, 0) is 17.7 Å². The number of carbonyl (C=O) groups excluding carboxylic acids is 1. The van der Waals surface area contributed by atoms with Crippen molar-refractivity contribution in [3.05, 3.63) is 72.0 Å². The Bertz CT molecular complexity index is 798. The van der Waals surface area contributed by atoms with Gasteiger partial charge in [0.2, 0.25) is 5.91 Å². The minimum atomic E-state index is -0.364. The third kappa shape index (κ3) is 4.64. The second-order valence-electron chi connectivity index (χ2n) is 5.90. The first-order valence-electron chi connectivity index (χ1n) is 8.27. The number of nitrogens with one attached hydrogen (secondary N) is 1. The fraction of sp³-hybridized carbons (Fsp3) is 0.250. The van der Waals surface area contributed by atoms with Crippen LogP contribution in [0.3, 0.4) is 0 Å². The van der Waals surface area contributed by atoms with E-state index in [9.17, 15) is 4.79 Å². The molecule has 26 heavy (non-hydrogen) atoms. The number of amides is 1. The third-order valence-corrected chi connectivity index (χ3v) is 4.18. The Morgan fingerprint density at radius 3 is 2.50 bits per heavy atom. The van der Waals surface area contributed by atoms with Crippen LogP contribution in [0.5, 0.6) is 0 Å². The fourth-order valence-electron chi connectivity index (χ4n) is 2.80. The standard InChI is InChI=1S/C20H22N2O3.ClH/c1-24-16(13-21)12-19(23)22-20(14-7-3-2-4-8-14)18-11-15-9-5-6-10-17(15)25-18;/h2-11,16,20H,12-13,21H2,1H3,(H,22,23);1H. The number of methoxy groups -OCH3 is 1. The second-order valence-corrected chi connectivity index (χ2v) is 5.90. The van der Waals surface area contributed by atoms with Crippen LogP contribution in [-0.2, 0) is 9.53 Å². The lowest BCUT2D eigenvalue weighted by Gasteiger charge is -2.19. The van der Waals surface area contributed by atoms with E-state index in [-0.39, 0.29) is 36.9 Å². The van der Waals surface area contributed by atoms with Crippen LogP contribution < -0.4 is 11.1 Å². The van der Waals surface area contributed by atoms with Crippen molar-refractivity contribution in [2.75, 3.05) is 13.7 Å². The summed E-state index contributed by atoms with van der Waals surface area (Å²) in [5.74, 6) is 0.564. The molecule has 138 valence electrons. The molecule has 2 aromatic carbocycles. The fourth-order valence-corrected chi connectivity index (χ4v) is 2.80. The van der Waals surface area contributed by atoms with Crippen molar-refractivity contribution in [1.82, 2.24) is 5.32 Å². The Hall–Kier alpha value is -2.34. The number of para-hydroxylation sites is 1. The van der Waals surface area contributed by atoms with Crippen molar-refractivity contribution >= 4 is 29.3 Å². The Kier molecular flexibility index (Phi) is 7.21. The number of furan rings is 1. The summed E-state index contributed by atoms with van der Waals surface area (Å²) in [6, 6.07) is 19.1. The highest BCUT2D eigenvalue weighted by molar-refractivity contribution is 5.85. The van der Waals surface area contributed by atoms with Gasteiger partial charge in [0.05, 0.1) is 12.5 Å². The molecule has 1 aromatic heterocycles. The number of rotatable bonds is 7. The normalized spacial score (nSPS) is 13.0. The van der Waals surface area contributed by atoms with Gasteiger partial charge in [-0.25, -0.2) is 0 Å². The van der Waals surface area contributed by atoms with Crippen molar-refractivity contribution in [3.8, 4) is 0 Å². The lowest BCUT2D eigenvalue weighted by atomic mass is 10.0. The zero-order valence-corrected chi connectivity index (χ0v) is 15.4. The van der Waals surface area contributed by atoms with Crippen molar-refractivity contribution < 1.29 is 13.9 Å². The maximum atomic E-state index is 12.5. The molecule has 5 nitrogen and oxygen atoms in total. The molecule has 6 heteroatoms. The lowest BCUT2D eigenvalue weighted by Crippen LogP contribution is -2.34. The van der Waals surface area contributed by atoms with Gasteiger partial charge in [-0.15, -0.1) is 12.4 Å². The minimum Gasteiger partial charge on any atom is -0.459 e. The molecule has 0 radical (unpaired) electrons. The molecule has 1 amide bonds. The van der Waals surface area contributed by atoms with Gasteiger partial charge in [0.1, 0.15) is 17.4 Å². The third-order valence-electron chi connectivity index (χ3n) is 4.18. The smallest absolute Gasteiger partial charge is 0.223 e. The average Bonchev–Trinajstić information content (AvgIpc) is 3.08. The maximum absolute atomic E-state index is 12.5. The zero-order valence-electron chi connectivity index (χ0n) is 14.6. The van der Waals surface area contributed by atoms with Crippen molar-refractivity contribution in [1.29, 1.82) is 0 Å². The molecule has 0 fully saturated rings. The average molecular weight is 375 g/mol. The molecule has 0 aliphatic heterocycles. The van der Waals surface area contributed by atoms with E-state index in [0.717, 1.165) is 16.5 Å². The molecule has 0 spiro atoms. The van der Waals surface area contributed by atoms with Crippen LogP contribution in [0.25, 0.3) is 11.0 Å². The molecule has 0 bridgehead atoms. The van der Waals surface area contributed by atoms with Gasteiger partial charge in [-0.3, -0.25) is 4.79 Å². The Balaban J connectivity index is 0.00000243. The topological polar surface area (TPSA) is 77.5 Å². The van der Waals surface area contributed by atoms with Crippen molar-refractivity contribution in [2.45, 2.75) is 18.6 Å². The number of fused-ring (bicyclic) bond motifs is 1. The Morgan fingerprint density at radius 1 is 1.15 bits per heavy atom. The highest BCUT2D eigenvalue weighted by atomic mass is 35.5. The SMILES string of the molecule is COC(CN)CC(=O)NC(c1ccccc1)c1cc2ccccc2o1.Cl. The van der Waals surface area contributed by atoms with Gasteiger partial charge in [0.15, 0.2) is 0 Å². The van der Waals surface area contributed by atoms with Crippen LogP contribution in [0, 0.1) is 0 Å². The number of nitrogens with two attached hydrogens (primary N) is 1. The van der Waals surface area contributed by atoms with Gasteiger partial charge in [-0.2, -0.15) is 0 Å². The molecule has 0 saturated carbocycles. The molecule has 0 aliphatic rings. The highest BCUT2D eigenvalue weighted by Gasteiger charge is 2.22. The summed E-state index contributed by atoms with van der Waals surface area (Å²) in [5.41, 5.74) is 7.36. The summed E-state index contributed by atoms with van der Waals surface area (Å²) in [6.45, 7) is 0.296. The summed E-state index contributed by atoms with van der Waals surface area (Å²) in [6.07, 6.45) is -0.0941. The number of ether oxygens (including phenoxy) is 1. The van der Waals surface area contributed by atoms with E-state index in [4.69, 9.17) is 14.9 Å². The lowest BCUT2D eigenvalue weighted by molar-refractivity contribution is -0.124. The summed E-state index contributed by atoms with van der Waals surface area (Å²) in [5, 5.41) is 4.05. The first-order chi connectivity index (χ1) is 12.2. The Labute approximate surface area is 158 Å². The predicted molar refractivity (Wildman–Crippen MR) is 104 cm³/mol. The maximum Gasteiger partial charge on any atom is 0.223 e.